The van der Waals surface area contributed by atoms with Gasteiger partial charge in [0.2, 0.25) is 0 Å². The van der Waals surface area contributed by atoms with Crippen molar-refractivity contribution >= 4 is 19.8 Å². The molecule has 0 spiro atoms. The summed E-state index contributed by atoms with van der Waals surface area (Å²) < 4.78 is 34.5. The monoisotopic (exact) mass is 1050 g/mol. The smallest absolute Gasteiger partial charge is 0.462 e. The minimum atomic E-state index is -4.39. The van der Waals surface area contributed by atoms with Gasteiger partial charge >= 0.3 is 19.8 Å². The van der Waals surface area contributed by atoms with Crippen molar-refractivity contribution in [2.24, 2.45) is 0 Å². The van der Waals surface area contributed by atoms with Crippen LogP contribution >= 0.6 is 7.82 Å². The van der Waals surface area contributed by atoms with Gasteiger partial charge in [-0.1, -0.05) is 245 Å². The summed E-state index contributed by atoms with van der Waals surface area (Å²) in [5.74, 6) is -0.811. The topological polar surface area (TPSA) is 108 Å². The third-order valence-corrected chi connectivity index (χ3v) is 13.3. The van der Waals surface area contributed by atoms with Crippen molar-refractivity contribution in [2.45, 2.75) is 238 Å². The minimum absolute atomic E-state index is 0.0254. The number of likely N-dealkylation sites (N-methyl/N-ethyl adjacent to an activating group) is 1. The van der Waals surface area contributed by atoms with Crippen LogP contribution in [0, 0.1) is 0 Å². The summed E-state index contributed by atoms with van der Waals surface area (Å²) in [5, 5.41) is 0. The van der Waals surface area contributed by atoms with E-state index < -0.39 is 26.5 Å². The first kappa shape index (κ1) is 70.7. The number of allylic oxidation sites excluding steroid dienone is 18. The van der Waals surface area contributed by atoms with Crippen LogP contribution in [0.3, 0.4) is 0 Å². The number of unbranched alkanes of at least 4 members (excludes halogenated alkanes) is 21. The summed E-state index contributed by atoms with van der Waals surface area (Å²) in [6.07, 6.45) is 75.8. The average Bonchev–Trinajstić information content (AvgIpc) is 3.36. The van der Waals surface area contributed by atoms with Crippen LogP contribution in [0.25, 0.3) is 0 Å². The molecule has 0 heterocycles. The van der Waals surface area contributed by atoms with Gasteiger partial charge in [0.15, 0.2) is 6.10 Å². The zero-order chi connectivity index (χ0) is 54.2. The number of carbonyl (C=O) groups excluding carboxylic acids is 2. The maximum atomic E-state index is 12.8. The maximum Gasteiger partial charge on any atom is 0.472 e. The molecule has 0 fully saturated rings. The lowest BCUT2D eigenvalue weighted by Gasteiger charge is -2.24. The lowest BCUT2D eigenvalue weighted by Crippen LogP contribution is -2.37. The second-order valence-electron chi connectivity index (χ2n) is 20.7. The van der Waals surface area contributed by atoms with Crippen LogP contribution in [-0.2, 0) is 32.7 Å². The minimum Gasteiger partial charge on any atom is -0.462 e. The summed E-state index contributed by atoms with van der Waals surface area (Å²) in [6, 6.07) is 0. The highest BCUT2D eigenvalue weighted by atomic mass is 31.2. The normalized spacial score (nSPS) is 14.1. The number of hydrogen-bond donors (Lipinski definition) is 1. The zero-order valence-corrected chi connectivity index (χ0v) is 48.9. The summed E-state index contributed by atoms with van der Waals surface area (Å²) in [7, 11) is 1.46. The van der Waals surface area contributed by atoms with Crippen LogP contribution in [0.2, 0.25) is 0 Å². The molecule has 2 atom stereocenters. The molecule has 0 rings (SSSR count). The van der Waals surface area contributed by atoms with Crippen molar-refractivity contribution in [3.8, 4) is 0 Å². The first-order chi connectivity index (χ1) is 36.0. The van der Waals surface area contributed by atoms with Crippen molar-refractivity contribution in [3.05, 3.63) is 109 Å². The first-order valence-electron chi connectivity index (χ1n) is 29.6. The first-order valence-corrected chi connectivity index (χ1v) is 31.1. The Hall–Kier alpha value is -3.33. The predicted molar refractivity (Wildman–Crippen MR) is 316 cm³/mol. The van der Waals surface area contributed by atoms with Crippen LogP contribution in [-0.4, -0.2) is 74.9 Å². The molecule has 0 radical (unpaired) electrons. The van der Waals surface area contributed by atoms with Crippen LogP contribution in [0.1, 0.15) is 232 Å². The molecule has 0 aliphatic carbocycles. The quantitative estimate of drug-likeness (QED) is 0.0211. The van der Waals surface area contributed by atoms with Gasteiger partial charge < -0.3 is 18.9 Å². The molecule has 10 heteroatoms. The lowest BCUT2D eigenvalue weighted by atomic mass is 10.0. The standard InChI is InChI=1S/C64H110NO8P/c1-6-8-10-12-14-16-18-20-22-23-24-25-26-27-28-29-30-31-32-33-34-35-36-37-38-39-40-41-43-45-47-49-51-53-55-57-64(67)73-62(61-72-74(68,69)71-59-58-65(3,4)5)60-70-63(66)56-54-52-50-48-46-44-42-21-19-17-15-13-11-9-7-2/h8,10,14,16,20,22,24-25,27-28,30-31,33-34,36-37,39-40,62H,6-7,9,11-13,15,17-19,21,23,26,29,32,35,38,41-61H2,1-5H3/p+1/b10-8-,16-14-,22-20-,25-24-,28-27-,31-30-,34-33-,37-36-,40-39-. The molecule has 0 saturated carbocycles. The van der Waals surface area contributed by atoms with Crippen LogP contribution in [0.5, 0.6) is 0 Å². The van der Waals surface area contributed by atoms with E-state index in [9.17, 15) is 19.0 Å². The predicted octanol–water partition coefficient (Wildman–Crippen LogP) is 18.6. The third-order valence-electron chi connectivity index (χ3n) is 12.3. The maximum absolute atomic E-state index is 12.8. The number of quaternary nitrogens is 1. The van der Waals surface area contributed by atoms with Gasteiger partial charge in [0, 0.05) is 12.8 Å². The number of phosphoric acid groups is 1. The van der Waals surface area contributed by atoms with Crippen molar-refractivity contribution in [1.29, 1.82) is 0 Å². The fourth-order valence-electron chi connectivity index (χ4n) is 7.77. The molecule has 0 aromatic carbocycles. The van der Waals surface area contributed by atoms with E-state index in [1.807, 2.05) is 21.1 Å². The van der Waals surface area contributed by atoms with Crippen LogP contribution < -0.4 is 0 Å². The number of phosphoric ester groups is 1. The van der Waals surface area contributed by atoms with E-state index in [0.29, 0.717) is 17.4 Å². The number of esters is 2. The molecular formula is C64H111NO8P+. The molecule has 74 heavy (non-hydrogen) atoms. The van der Waals surface area contributed by atoms with E-state index in [1.54, 1.807) is 0 Å². The highest BCUT2D eigenvalue weighted by Crippen LogP contribution is 2.43. The largest absolute Gasteiger partial charge is 0.472 e. The highest BCUT2D eigenvalue weighted by Gasteiger charge is 2.27. The van der Waals surface area contributed by atoms with Gasteiger partial charge in [0.1, 0.15) is 19.8 Å². The van der Waals surface area contributed by atoms with Gasteiger partial charge in [-0.3, -0.25) is 18.6 Å². The Morgan fingerprint density at radius 3 is 1.15 bits per heavy atom. The number of hydrogen-bond acceptors (Lipinski definition) is 7. The summed E-state index contributed by atoms with van der Waals surface area (Å²) in [4.78, 5) is 35.6. The highest BCUT2D eigenvalue weighted by molar-refractivity contribution is 7.47. The van der Waals surface area contributed by atoms with Crippen molar-refractivity contribution in [2.75, 3.05) is 47.5 Å². The molecule has 0 amide bonds. The van der Waals surface area contributed by atoms with Crippen LogP contribution in [0.4, 0.5) is 0 Å². The summed E-state index contributed by atoms with van der Waals surface area (Å²) in [6.45, 7) is 4.31. The molecule has 1 N–H and O–H groups in total. The van der Waals surface area contributed by atoms with Crippen LogP contribution in [0.15, 0.2) is 109 Å². The van der Waals surface area contributed by atoms with Gasteiger partial charge in [-0.25, -0.2) is 4.57 Å². The van der Waals surface area contributed by atoms with Crippen molar-refractivity contribution in [1.82, 2.24) is 0 Å². The molecular weight excluding hydrogens is 942 g/mol. The molecule has 0 aliphatic rings. The van der Waals surface area contributed by atoms with E-state index in [4.69, 9.17) is 18.5 Å². The van der Waals surface area contributed by atoms with Crippen molar-refractivity contribution in [3.63, 3.8) is 0 Å². The van der Waals surface area contributed by atoms with Crippen molar-refractivity contribution < 1.29 is 42.1 Å². The Balaban J connectivity index is 4.17. The molecule has 0 aromatic rings. The van der Waals surface area contributed by atoms with Gasteiger partial charge in [0.25, 0.3) is 0 Å². The molecule has 0 saturated heterocycles. The average molecular weight is 1050 g/mol. The van der Waals surface area contributed by atoms with Gasteiger partial charge in [0.05, 0.1) is 27.7 Å². The molecule has 424 valence electrons. The molecule has 0 bridgehead atoms. The Kier molecular flexibility index (Phi) is 52.0. The zero-order valence-electron chi connectivity index (χ0n) is 48.0. The van der Waals surface area contributed by atoms with Gasteiger partial charge in [-0.2, -0.15) is 0 Å². The van der Waals surface area contributed by atoms with Gasteiger partial charge in [-0.15, -0.1) is 0 Å². The number of rotatable bonds is 53. The molecule has 0 aromatic heterocycles. The van der Waals surface area contributed by atoms with Gasteiger partial charge in [-0.05, 0) is 83.5 Å². The third kappa shape index (κ3) is 57.9. The fraction of sp³-hybridized carbons (Fsp3) is 0.688. The Morgan fingerprint density at radius 1 is 0.432 bits per heavy atom. The van der Waals surface area contributed by atoms with E-state index in [0.717, 1.165) is 103 Å². The number of nitrogens with zero attached hydrogens (tertiary/aromatic N) is 1. The Morgan fingerprint density at radius 2 is 0.770 bits per heavy atom. The van der Waals surface area contributed by atoms with E-state index in [1.165, 1.54) is 96.3 Å². The summed E-state index contributed by atoms with van der Waals surface area (Å²) >= 11 is 0. The molecule has 0 aliphatic heterocycles. The van der Waals surface area contributed by atoms with E-state index in [-0.39, 0.29) is 32.0 Å². The lowest BCUT2D eigenvalue weighted by molar-refractivity contribution is -0.870. The number of ether oxygens (including phenoxy) is 2. The molecule has 9 nitrogen and oxygen atoms in total. The fourth-order valence-corrected chi connectivity index (χ4v) is 8.51. The second-order valence-corrected chi connectivity index (χ2v) is 22.1. The van der Waals surface area contributed by atoms with E-state index in [2.05, 4.69) is 123 Å². The van der Waals surface area contributed by atoms with E-state index >= 15 is 0 Å². The second kappa shape index (κ2) is 54.5. The Labute approximate surface area is 455 Å². The number of carbonyl (C=O) groups is 2. The summed E-state index contributed by atoms with van der Waals surface area (Å²) in [5.41, 5.74) is 0. The Bertz CT molecular complexity index is 1620. The SMILES string of the molecule is CC/C=C\C/C=C\C/C=C\C/C=C\C/C=C\C/C=C\C/C=C\C/C=C\C/C=C\CCCCCCCCCC(=O)OC(COC(=O)CCCCCCCCCCCCCCCCC)COP(=O)(O)OCC[N+](C)(C)C. The molecule has 2 unspecified atom stereocenters.